The van der Waals surface area contributed by atoms with Crippen LogP contribution in [0.4, 0.5) is 0 Å². The largest absolute Gasteiger partial charge is 0.472 e. The SMILES string of the molecule is CCC(C)CCCCCCCCC(=O)OC[C@H](COP(=O)(O)OC[C@H](O)COP(=O)(O)OC[C@@H](COC(=O)CCCCCCCCCC(C)C)OC(=O)CCCCCCCCCCCCC(C)C)OC(=O)CCCCCCCCCCCCCCCC(C)C. The molecule has 0 fully saturated rings. The minimum atomic E-state index is -4.95. The average Bonchev–Trinajstić information content (AvgIpc) is 3.68. The molecule has 0 rings (SSSR count). The van der Waals surface area contributed by atoms with Crippen LogP contribution in [0.15, 0.2) is 0 Å². The summed E-state index contributed by atoms with van der Waals surface area (Å²) >= 11 is 0. The van der Waals surface area contributed by atoms with E-state index in [1.54, 1.807) is 0 Å². The zero-order chi connectivity index (χ0) is 66.1. The van der Waals surface area contributed by atoms with Gasteiger partial charge in [-0.1, -0.05) is 293 Å². The number of phosphoric acid groups is 2. The highest BCUT2D eigenvalue weighted by Crippen LogP contribution is 2.45. The first-order valence-electron chi connectivity index (χ1n) is 36.2. The van der Waals surface area contributed by atoms with E-state index in [9.17, 15) is 43.2 Å². The molecular weight excluding hydrogens is 1170 g/mol. The number of carbonyl (C=O) groups is 4. The predicted octanol–water partition coefficient (Wildman–Crippen LogP) is 19.7. The number of aliphatic hydroxyl groups is 1. The van der Waals surface area contributed by atoms with Crippen molar-refractivity contribution in [3.63, 3.8) is 0 Å². The first-order valence-corrected chi connectivity index (χ1v) is 39.2. The molecule has 3 unspecified atom stereocenters. The van der Waals surface area contributed by atoms with Gasteiger partial charge in [0.05, 0.1) is 26.4 Å². The smallest absolute Gasteiger partial charge is 0.462 e. The van der Waals surface area contributed by atoms with Crippen molar-refractivity contribution in [3.8, 4) is 0 Å². The van der Waals surface area contributed by atoms with Crippen molar-refractivity contribution >= 4 is 39.5 Å². The van der Waals surface area contributed by atoms with Crippen molar-refractivity contribution in [2.45, 2.75) is 363 Å². The van der Waals surface area contributed by atoms with Crippen LogP contribution in [-0.4, -0.2) is 96.7 Å². The summed E-state index contributed by atoms with van der Waals surface area (Å²) in [6.45, 7) is 14.1. The van der Waals surface area contributed by atoms with E-state index >= 15 is 0 Å². The number of phosphoric ester groups is 2. The van der Waals surface area contributed by atoms with Gasteiger partial charge in [0.1, 0.15) is 19.3 Å². The van der Waals surface area contributed by atoms with Gasteiger partial charge in [0, 0.05) is 25.7 Å². The van der Waals surface area contributed by atoms with Gasteiger partial charge in [0.25, 0.3) is 0 Å². The summed E-state index contributed by atoms with van der Waals surface area (Å²) in [6, 6.07) is 0. The van der Waals surface area contributed by atoms with Crippen molar-refractivity contribution in [1.29, 1.82) is 0 Å². The van der Waals surface area contributed by atoms with E-state index in [-0.39, 0.29) is 25.7 Å². The Balaban J connectivity index is 5.25. The Morgan fingerprint density at radius 3 is 0.798 bits per heavy atom. The third-order valence-electron chi connectivity index (χ3n) is 16.4. The normalized spacial score (nSPS) is 14.6. The van der Waals surface area contributed by atoms with Crippen molar-refractivity contribution in [1.82, 2.24) is 0 Å². The zero-order valence-corrected chi connectivity index (χ0v) is 59.8. The molecule has 0 saturated carbocycles. The summed E-state index contributed by atoms with van der Waals surface area (Å²) in [5, 5.41) is 10.6. The Hall–Kier alpha value is -1.94. The van der Waals surface area contributed by atoms with E-state index in [1.807, 2.05) is 0 Å². The number of aliphatic hydroxyl groups excluding tert-OH is 1. The highest BCUT2D eigenvalue weighted by Gasteiger charge is 2.30. The predicted molar refractivity (Wildman–Crippen MR) is 358 cm³/mol. The molecule has 0 spiro atoms. The van der Waals surface area contributed by atoms with E-state index in [1.165, 1.54) is 135 Å². The molecule has 89 heavy (non-hydrogen) atoms. The van der Waals surface area contributed by atoms with E-state index in [2.05, 4.69) is 55.4 Å². The van der Waals surface area contributed by atoms with Gasteiger partial charge in [-0.2, -0.15) is 0 Å². The minimum absolute atomic E-state index is 0.104. The second kappa shape index (κ2) is 59.8. The first-order chi connectivity index (χ1) is 42.6. The summed E-state index contributed by atoms with van der Waals surface area (Å²) in [5.74, 6) is 0.843. The molecule has 0 aromatic carbocycles. The average molecular weight is 1310 g/mol. The standard InChI is InChI=1S/C70H136O17P2/c1-9-63(8)49-41-33-28-29-35-43-51-68(73)81-57-66(87-69(74)52-44-36-25-19-14-12-10-11-13-17-22-30-38-46-60(2)3)59-85-89(78,79)83-55-64(71)54-82-88(76,77)84-58-65(56-80-67(72)50-42-34-27-21-24-32-40-48-62(6)7)86-70(75)53-45-37-26-20-16-15-18-23-31-39-47-61(4)5/h60-66,71H,9-59H2,1-8H3,(H,76,77)(H,78,79)/t63?,64-,65-,66-/m1/s1. The second-order valence-electron chi connectivity index (χ2n) is 26.9. The fourth-order valence-electron chi connectivity index (χ4n) is 10.5. The van der Waals surface area contributed by atoms with Crippen LogP contribution in [-0.2, 0) is 65.4 Å². The fourth-order valence-corrected chi connectivity index (χ4v) is 12.0. The van der Waals surface area contributed by atoms with Crippen LogP contribution in [0.25, 0.3) is 0 Å². The van der Waals surface area contributed by atoms with Gasteiger partial charge >= 0.3 is 39.5 Å². The van der Waals surface area contributed by atoms with Crippen LogP contribution in [0.3, 0.4) is 0 Å². The molecule has 0 bridgehead atoms. The molecule has 17 nitrogen and oxygen atoms in total. The lowest BCUT2D eigenvalue weighted by Gasteiger charge is -2.21. The lowest BCUT2D eigenvalue weighted by Crippen LogP contribution is -2.30. The Bertz CT molecular complexity index is 1770. The van der Waals surface area contributed by atoms with Crippen LogP contribution in [0.2, 0.25) is 0 Å². The number of carbonyl (C=O) groups excluding carboxylic acids is 4. The van der Waals surface area contributed by atoms with Crippen LogP contribution in [0.1, 0.15) is 344 Å². The van der Waals surface area contributed by atoms with Crippen molar-refractivity contribution in [2.24, 2.45) is 23.7 Å². The van der Waals surface area contributed by atoms with Gasteiger partial charge in [-0.05, 0) is 49.4 Å². The molecule has 0 aromatic rings. The quantitative estimate of drug-likeness (QED) is 0.0222. The third-order valence-corrected chi connectivity index (χ3v) is 18.3. The van der Waals surface area contributed by atoms with Crippen LogP contribution >= 0.6 is 15.6 Å². The Morgan fingerprint density at radius 1 is 0.315 bits per heavy atom. The number of hydrogen-bond donors (Lipinski definition) is 3. The highest BCUT2D eigenvalue weighted by atomic mass is 31.2. The molecule has 0 aliphatic rings. The molecule has 3 N–H and O–H groups in total. The molecule has 0 aromatic heterocycles. The number of ether oxygens (including phenoxy) is 4. The van der Waals surface area contributed by atoms with Crippen LogP contribution in [0, 0.1) is 23.7 Å². The molecule has 528 valence electrons. The van der Waals surface area contributed by atoms with Crippen LogP contribution < -0.4 is 0 Å². The number of rotatable bonds is 67. The molecule has 0 amide bonds. The van der Waals surface area contributed by atoms with E-state index in [0.29, 0.717) is 31.6 Å². The van der Waals surface area contributed by atoms with Gasteiger partial charge in [-0.3, -0.25) is 37.3 Å². The van der Waals surface area contributed by atoms with Gasteiger partial charge in [0.15, 0.2) is 12.2 Å². The van der Waals surface area contributed by atoms with E-state index < -0.39 is 97.5 Å². The highest BCUT2D eigenvalue weighted by molar-refractivity contribution is 7.47. The van der Waals surface area contributed by atoms with Crippen LogP contribution in [0.5, 0.6) is 0 Å². The Labute approximate surface area is 543 Å². The second-order valence-corrected chi connectivity index (χ2v) is 29.8. The molecule has 0 radical (unpaired) electrons. The summed E-state index contributed by atoms with van der Waals surface area (Å²) in [6.07, 6.45) is 41.8. The van der Waals surface area contributed by atoms with E-state index in [4.69, 9.17) is 37.0 Å². The lowest BCUT2D eigenvalue weighted by molar-refractivity contribution is -0.161. The van der Waals surface area contributed by atoms with Gasteiger partial charge in [-0.25, -0.2) is 9.13 Å². The molecule has 0 aliphatic heterocycles. The fraction of sp³-hybridized carbons (Fsp3) is 0.943. The maximum Gasteiger partial charge on any atom is 0.472 e. The number of unbranched alkanes of at least 4 members (excludes halogenated alkanes) is 32. The van der Waals surface area contributed by atoms with Gasteiger partial charge in [0.2, 0.25) is 0 Å². The maximum atomic E-state index is 13.0. The monoisotopic (exact) mass is 1310 g/mol. The van der Waals surface area contributed by atoms with Crippen molar-refractivity contribution < 1.29 is 80.2 Å². The maximum absolute atomic E-state index is 13.0. The Morgan fingerprint density at radius 2 is 0.539 bits per heavy atom. The molecule has 6 atom stereocenters. The summed E-state index contributed by atoms with van der Waals surface area (Å²) < 4.78 is 68.3. The third kappa shape index (κ3) is 63.2. The summed E-state index contributed by atoms with van der Waals surface area (Å²) in [4.78, 5) is 72.5. The first kappa shape index (κ1) is 87.1. The molecule has 19 heteroatoms. The zero-order valence-electron chi connectivity index (χ0n) is 58.1. The summed E-state index contributed by atoms with van der Waals surface area (Å²) in [5.41, 5.74) is 0. The van der Waals surface area contributed by atoms with E-state index in [0.717, 1.165) is 120 Å². The topological polar surface area (TPSA) is 237 Å². The van der Waals surface area contributed by atoms with Gasteiger partial charge in [-0.15, -0.1) is 0 Å². The van der Waals surface area contributed by atoms with Crippen molar-refractivity contribution in [3.05, 3.63) is 0 Å². The molecular formula is C70H136O17P2. The molecule has 0 saturated heterocycles. The minimum Gasteiger partial charge on any atom is -0.462 e. The van der Waals surface area contributed by atoms with Crippen molar-refractivity contribution in [2.75, 3.05) is 39.6 Å². The summed E-state index contributed by atoms with van der Waals surface area (Å²) in [7, 11) is -9.90. The number of esters is 4. The molecule has 0 aliphatic carbocycles. The Kier molecular flexibility index (Phi) is 58.5. The number of hydrogen-bond acceptors (Lipinski definition) is 15. The lowest BCUT2D eigenvalue weighted by atomic mass is 10.00. The molecule has 0 heterocycles. The van der Waals surface area contributed by atoms with Gasteiger partial charge < -0.3 is 33.8 Å².